The third-order valence-corrected chi connectivity index (χ3v) is 8.46. The standard InChI is InChI=1S/C32H41F2N4O12P/c1-19(2)48-31(41)20(3)37-51(43,50-21-10-8-7-9-11-21)47-18-27(23(39)16-33)49-29(17-34)38-13-12-28(36-32(38)42)35-30(40)22-14-25(45-5)26(46-6)15-24(22)44-4/h7-15,19-20,23,27,29,39H,16-18H2,1-6H3,(H,37,43)(H,35,36,40,42)/t20-,23+,27-,29?,51?/m1/s1. The lowest BCUT2D eigenvalue weighted by Gasteiger charge is -2.29. The van der Waals surface area contributed by atoms with Crippen LogP contribution in [0, 0.1) is 0 Å². The highest BCUT2D eigenvalue weighted by atomic mass is 31.2. The van der Waals surface area contributed by atoms with Crippen molar-refractivity contribution in [2.75, 3.05) is 46.6 Å². The van der Waals surface area contributed by atoms with Crippen LogP contribution >= 0.6 is 7.75 Å². The lowest BCUT2D eigenvalue weighted by Crippen LogP contribution is -2.41. The van der Waals surface area contributed by atoms with Gasteiger partial charge in [0.1, 0.15) is 48.9 Å². The molecule has 0 saturated heterocycles. The average Bonchev–Trinajstić information content (AvgIpc) is 3.11. The van der Waals surface area contributed by atoms with Crippen LogP contribution in [0.2, 0.25) is 0 Å². The second-order valence-corrected chi connectivity index (χ2v) is 12.6. The van der Waals surface area contributed by atoms with Gasteiger partial charge in [0.2, 0.25) is 0 Å². The Hall–Kier alpha value is -4.61. The molecule has 19 heteroatoms. The zero-order valence-corrected chi connectivity index (χ0v) is 29.6. The molecule has 0 aliphatic carbocycles. The highest BCUT2D eigenvalue weighted by Gasteiger charge is 2.36. The quantitative estimate of drug-likeness (QED) is 0.112. The van der Waals surface area contributed by atoms with E-state index < -0.39 is 75.9 Å². The number of esters is 1. The molecule has 16 nitrogen and oxygen atoms in total. The Morgan fingerprint density at radius 3 is 2.18 bits per heavy atom. The minimum atomic E-state index is -4.50. The molecule has 3 rings (SSSR count). The van der Waals surface area contributed by atoms with Gasteiger partial charge < -0.3 is 38.6 Å². The molecular formula is C32H41F2N4O12P. The maximum absolute atomic E-state index is 14.3. The maximum Gasteiger partial charge on any atom is 0.459 e. The van der Waals surface area contributed by atoms with Gasteiger partial charge in [-0.1, -0.05) is 18.2 Å². The monoisotopic (exact) mass is 742 g/mol. The van der Waals surface area contributed by atoms with Crippen molar-refractivity contribution in [2.24, 2.45) is 0 Å². The Morgan fingerprint density at radius 2 is 1.61 bits per heavy atom. The number of hydrogen-bond acceptors (Lipinski definition) is 13. The fourth-order valence-electron chi connectivity index (χ4n) is 4.32. The van der Waals surface area contributed by atoms with Gasteiger partial charge in [0.15, 0.2) is 17.7 Å². The van der Waals surface area contributed by atoms with Crippen LogP contribution in [0.15, 0.2) is 59.5 Å². The largest absolute Gasteiger partial charge is 0.496 e. The van der Waals surface area contributed by atoms with Crippen LogP contribution < -0.4 is 34.8 Å². The number of alkyl halides is 2. The predicted molar refractivity (Wildman–Crippen MR) is 179 cm³/mol. The van der Waals surface area contributed by atoms with Crippen LogP contribution in [0.4, 0.5) is 14.6 Å². The fourth-order valence-corrected chi connectivity index (χ4v) is 5.82. The zero-order valence-electron chi connectivity index (χ0n) is 28.7. The van der Waals surface area contributed by atoms with E-state index in [9.17, 15) is 32.8 Å². The van der Waals surface area contributed by atoms with Gasteiger partial charge in [0.25, 0.3) is 5.91 Å². The van der Waals surface area contributed by atoms with Crippen molar-refractivity contribution in [1.82, 2.24) is 14.6 Å². The third-order valence-electron chi connectivity index (χ3n) is 6.82. The minimum Gasteiger partial charge on any atom is -0.496 e. The first kappa shape index (κ1) is 40.8. The Bertz CT molecular complexity index is 1720. The van der Waals surface area contributed by atoms with Gasteiger partial charge in [0, 0.05) is 18.3 Å². The van der Waals surface area contributed by atoms with Crippen molar-refractivity contribution in [1.29, 1.82) is 0 Å². The molecule has 0 radical (unpaired) electrons. The molecular weight excluding hydrogens is 701 g/mol. The molecule has 0 spiro atoms. The maximum atomic E-state index is 14.3. The third kappa shape index (κ3) is 11.5. The predicted octanol–water partition coefficient (Wildman–Crippen LogP) is 3.84. The first-order valence-electron chi connectivity index (χ1n) is 15.4. The Morgan fingerprint density at radius 1 is 0.961 bits per heavy atom. The molecule has 3 N–H and O–H groups in total. The number of aliphatic hydroxyl groups is 1. The summed E-state index contributed by atoms with van der Waals surface area (Å²) in [6, 6.07) is 10.5. The zero-order chi connectivity index (χ0) is 37.7. The molecule has 1 amide bonds. The number of benzene rings is 2. The highest BCUT2D eigenvalue weighted by molar-refractivity contribution is 7.52. The Balaban J connectivity index is 1.81. The van der Waals surface area contributed by atoms with Crippen LogP contribution in [-0.4, -0.2) is 92.2 Å². The minimum absolute atomic E-state index is 0.0170. The molecule has 2 unspecified atom stereocenters. The first-order chi connectivity index (χ1) is 24.3. The number of para-hydroxylation sites is 1. The number of aliphatic hydroxyl groups excluding tert-OH is 1. The molecule has 0 aliphatic heterocycles. The number of anilines is 1. The number of hydrogen-bond donors (Lipinski definition) is 3. The van der Waals surface area contributed by atoms with Crippen molar-refractivity contribution in [3.8, 4) is 23.0 Å². The summed E-state index contributed by atoms with van der Waals surface area (Å²) in [6.45, 7) is 0.928. The van der Waals surface area contributed by atoms with Crippen molar-refractivity contribution in [3.63, 3.8) is 0 Å². The summed E-state index contributed by atoms with van der Waals surface area (Å²) in [5.74, 6) is -1.02. The topological polar surface area (TPSA) is 195 Å². The molecule has 0 bridgehead atoms. The summed E-state index contributed by atoms with van der Waals surface area (Å²) in [7, 11) is -0.379. The van der Waals surface area contributed by atoms with Gasteiger partial charge >= 0.3 is 19.4 Å². The van der Waals surface area contributed by atoms with E-state index in [2.05, 4.69) is 15.4 Å². The average molecular weight is 743 g/mol. The van der Waals surface area contributed by atoms with Gasteiger partial charge in [0.05, 0.1) is 39.6 Å². The smallest absolute Gasteiger partial charge is 0.459 e. The van der Waals surface area contributed by atoms with E-state index in [1.807, 2.05) is 0 Å². The second-order valence-electron chi connectivity index (χ2n) is 10.9. The summed E-state index contributed by atoms with van der Waals surface area (Å²) >= 11 is 0. The molecule has 3 aromatic rings. The normalized spacial score (nSPS) is 14.8. The van der Waals surface area contributed by atoms with Crippen molar-refractivity contribution >= 4 is 25.4 Å². The van der Waals surface area contributed by atoms with E-state index in [1.165, 1.54) is 58.6 Å². The number of amides is 1. The Labute approximate surface area is 292 Å². The van der Waals surface area contributed by atoms with Crippen molar-refractivity contribution in [3.05, 3.63) is 70.8 Å². The SMILES string of the molecule is COc1cc(OC)c(C(=O)Nc2ccn(C(CF)O[C@H](COP(=O)(N[C@H](C)C(=O)OC(C)C)Oc3ccccc3)[C@@H](O)CF)c(=O)n2)cc1OC. The molecule has 51 heavy (non-hydrogen) atoms. The number of rotatable bonds is 20. The number of halogens is 2. The molecule has 1 aromatic heterocycles. The molecule has 1 heterocycles. The molecule has 2 aromatic carbocycles. The van der Waals surface area contributed by atoms with Gasteiger partial charge in [-0.15, -0.1) is 0 Å². The molecule has 0 aliphatic rings. The second kappa shape index (κ2) is 19.1. The van der Waals surface area contributed by atoms with Crippen LogP contribution in [0.3, 0.4) is 0 Å². The van der Waals surface area contributed by atoms with Crippen LogP contribution in [-0.2, 0) is 23.4 Å². The van der Waals surface area contributed by atoms with Crippen molar-refractivity contribution < 1.29 is 60.8 Å². The van der Waals surface area contributed by atoms with E-state index in [0.29, 0.717) is 10.3 Å². The summed E-state index contributed by atoms with van der Waals surface area (Å²) in [5, 5.41) is 15.3. The van der Waals surface area contributed by atoms with Crippen LogP contribution in [0.5, 0.6) is 23.0 Å². The van der Waals surface area contributed by atoms with Crippen LogP contribution in [0.1, 0.15) is 37.4 Å². The van der Waals surface area contributed by atoms with Gasteiger partial charge in [-0.05, 0) is 39.0 Å². The summed E-state index contributed by atoms with van der Waals surface area (Å²) in [5.41, 5.74) is -1.08. The van der Waals surface area contributed by atoms with Gasteiger partial charge in [-0.25, -0.2) is 18.1 Å². The van der Waals surface area contributed by atoms with E-state index in [-0.39, 0.29) is 28.6 Å². The molecule has 0 saturated carbocycles. The van der Waals surface area contributed by atoms with E-state index in [0.717, 1.165) is 6.20 Å². The van der Waals surface area contributed by atoms with Crippen LogP contribution in [0.25, 0.3) is 0 Å². The summed E-state index contributed by atoms with van der Waals surface area (Å²) in [4.78, 5) is 42.2. The van der Waals surface area contributed by atoms with E-state index in [1.54, 1.807) is 32.0 Å². The number of methoxy groups -OCH3 is 3. The van der Waals surface area contributed by atoms with E-state index in [4.69, 9.17) is 32.7 Å². The number of nitrogens with zero attached hydrogens (tertiary/aromatic N) is 2. The van der Waals surface area contributed by atoms with Crippen molar-refractivity contribution in [2.45, 2.75) is 51.4 Å². The lowest BCUT2D eigenvalue weighted by molar-refractivity contribution is -0.149. The first-order valence-corrected chi connectivity index (χ1v) is 17.0. The molecule has 5 atom stereocenters. The number of nitrogens with one attached hydrogen (secondary N) is 2. The lowest BCUT2D eigenvalue weighted by atomic mass is 10.1. The Kier molecular flexibility index (Phi) is 15.3. The van der Waals surface area contributed by atoms with Gasteiger partial charge in [-0.2, -0.15) is 10.1 Å². The number of carbonyl (C=O) groups excluding carboxylic acids is 2. The van der Waals surface area contributed by atoms with E-state index >= 15 is 0 Å². The summed E-state index contributed by atoms with van der Waals surface area (Å²) < 4.78 is 80.0. The number of ether oxygens (including phenoxy) is 5. The van der Waals surface area contributed by atoms with Gasteiger partial charge in [-0.3, -0.25) is 18.7 Å². The molecule has 0 fully saturated rings. The number of aromatic nitrogens is 2. The number of carbonyl (C=O) groups is 2. The highest BCUT2D eigenvalue weighted by Crippen LogP contribution is 2.45. The summed E-state index contributed by atoms with van der Waals surface area (Å²) in [6.07, 6.45) is -4.92. The fraction of sp³-hybridized carbons (Fsp3) is 0.438. The molecule has 280 valence electrons.